The number of alkyl halides is 3. The normalized spacial score (nSPS) is 22.2. The maximum Gasteiger partial charge on any atom is 0.416 e. The summed E-state index contributed by atoms with van der Waals surface area (Å²) in [4.78, 5) is 10.5. The standard InChI is InChI=1S/C15H14ClF3O3S2/c1-8(13(20)23)22-14(2)6-5-12(24-14)21-11-4-3-9(7-10(11)16)15(17,18)19/h3-5,7-8H,6H2,1-2H3,(H,20,23). The highest BCUT2D eigenvalue weighted by Crippen LogP contribution is 2.45. The zero-order valence-corrected chi connectivity index (χ0v) is 15.2. The van der Waals surface area contributed by atoms with Gasteiger partial charge in [0.1, 0.15) is 16.8 Å². The minimum atomic E-state index is -4.47. The van der Waals surface area contributed by atoms with Gasteiger partial charge in [-0.1, -0.05) is 23.4 Å². The molecule has 0 radical (unpaired) electrons. The Bertz CT molecular complexity index is 678. The zero-order valence-electron chi connectivity index (χ0n) is 12.7. The van der Waals surface area contributed by atoms with Crippen LogP contribution in [0.15, 0.2) is 29.4 Å². The summed E-state index contributed by atoms with van der Waals surface area (Å²) in [5.74, 6) is 0.117. The van der Waals surface area contributed by atoms with Gasteiger partial charge in [-0.2, -0.15) is 13.2 Å². The van der Waals surface area contributed by atoms with Crippen LogP contribution < -0.4 is 4.74 Å². The number of carbonyl (C=O) groups is 1. The van der Waals surface area contributed by atoms with Crippen LogP contribution in [0.1, 0.15) is 25.8 Å². The van der Waals surface area contributed by atoms with Crippen LogP contribution in [0.2, 0.25) is 5.02 Å². The van der Waals surface area contributed by atoms with Crippen LogP contribution in [-0.2, 0) is 15.7 Å². The summed E-state index contributed by atoms with van der Waals surface area (Å²) in [6, 6.07) is 2.89. The Morgan fingerprint density at radius 3 is 2.67 bits per heavy atom. The Balaban J connectivity index is 2.04. The second-order valence-corrected chi connectivity index (χ2v) is 7.62. The van der Waals surface area contributed by atoms with E-state index in [1.165, 1.54) is 17.8 Å². The van der Waals surface area contributed by atoms with Crippen molar-refractivity contribution in [2.45, 2.75) is 37.5 Å². The minimum Gasteiger partial charge on any atom is -0.449 e. The maximum absolute atomic E-state index is 12.6. The molecule has 132 valence electrons. The van der Waals surface area contributed by atoms with E-state index in [0.717, 1.165) is 12.1 Å². The molecular weight excluding hydrogens is 385 g/mol. The predicted molar refractivity (Wildman–Crippen MR) is 90.3 cm³/mol. The third-order valence-electron chi connectivity index (χ3n) is 3.20. The van der Waals surface area contributed by atoms with Gasteiger partial charge in [0.05, 0.1) is 10.6 Å². The number of thioether (sulfide) groups is 1. The first-order valence-electron chi connectivity index (χ1n) is 6.84. The Morgan fingerprint density at radius 2 is 2.12 bits per heavy atom. The van der Waals surface area contributed by atoms with Crippen LogP contribution in [0.5, 0.6) is 5.75 Å². The van der Waals surface area contributed by atoms with Gasteiger partial charge < -0.3 is 9.47 Å². The zero-order chi connectivity index (χ0) is 18.1. The molecule has 2 unspecified atom stereocenters. The molecule has 2 atom stereocenters. The molecule has 0 fully saturated rings. The van der Waals surface area contributed by atoms with Gasteiger partial charge in [0.2, 0.25) is 5.12 Å². The van der Waals surface area contributed by atoms with E-state index in [0.29, 0.717) is 11.5 Å². The van der Waals surface area contributed by atoms with Crippen LogP contribution in [0.25, 0.3) is 0 Å². The van der Waals surface area contributed by atoms with Gasteiger partial charge in [0.15, 0.2) is 5.09 Å². The van der Waals surface area contributed by atoms with Crippen molar-refractivity contribution in [2.24, 2.45) is 0 Å². The van der Waals surface area contributed by atoms with Gasteiger partial charge in [-0.05, 0) is 38.1 Å². The number of thiol groups is 1. The smallest absolute Gasteiger partial charge is 0.416 e. The van der Waals surface area contributed by atoms with E-state index in [2.05, 4.69) is 12.6 Å². The number of rotatable bonds is 5. The summed E-state index contributed by atoms with van der Waals surface area (Å²) < 4.78 is 49.1. The number of ether oxygens (including phenoxy) is 2. The van der Waals surface area contributed by atoms with Crippen LogP contribution in [0.3, 0.4) is 0 Å². The molecule has 0 spiro atoms. The summed E-state index contributed by atoms with van der Waals surface area (Å²) >= 11 is 10.8. The fraction of sp³-hybridized carbons (Fsp3) is 0.400. The Morgan fingerprint density at radius 1 is 1.46 bits per heavy atom. The Labute approximate surface area is 151 Å². The lowest BCUT2D eigenvalue weighted by Gasteiger charge is -2.26. The van der Waals surface area contributed by atoms with Crippen molar-refractivity contribution in [3.8, 4) is 5.75 Å². The van der Waals surface area contributed by atoms with Crippen LogP contribution in [0, 0.1) is 0 Å². The third-order valence-corrected chi connectivity index (χ3v) is 5.00. The number of carbonyl (C=O) groups excluding carboxylic acids is 1. The fourth-order valence-corrected chi connectivity index (χ4v) is 3.35. The average Bonchev–Trinajstić information content (AvgIpc) is 2.80. The first kappa shape index (κ1) is 19.5. The topological polar surface area (TPSA) is 35.5 Å². The molecule has 2 rings (SSSR count). The highest BCUT2D eigenvalue weighted by Gasteiger charge is 2.36. The van der Waals surface area contributed by atoms with Crippen molar-refractivity contribution in [3.05, 3.63) is 40.0 Å². The summed E-state index contributed by atoms with van der Waals surface area (Å²) in [6.07, 6.45) is -2.95. The molecule has 1 aliphatic rings. The molecular formula is C15H14ClF3O3S2. The highest BCUT2D eigenvalue weighted by atomic mass is 35.5. The van der Waals surface area contributed by atoms with Crippen LogP contribution >= 0.6 is 36.0 Å². The van der Waals surface area contributed by atoms with Gasteiger partial charge >= 0.3 is 6.18 Å². The minimum absolute atomic E-state index is 0.117. The molecule has 1 aromatic carbocycles. The van der Waals surface area contributed by atoms with Crippen LogP contribution in [0.4, 0.5) is 13.2 Å². The molecule has 0 aromatic heterocycles. The molecule has 9 heteroatoms. The van der Waals surface area contributed by atoms with Gasteiger partial charge in [-0.25, -0.2) is 0 Å². The highest BCUT2D eigenvalue weighted by molar-refractivity contribution is 8.04. The summed E-state index contributed by atoms with van der Waals surface area (Å²) in [5.41, 5.74) is -0.845. The molecule has 1 heterocycles. The van der Waals surface area contributed by atoms with Gasteiger partial charge in [0.25, 0.3) is 0 Å². The van der Waals surface area contributed by atoms with E-state index in [1.807, 2.05) is 0 Å². The van der Waals surface area contributed by atoms with Gasteiger partial charge in [0, 0.05) is 6.42 Å². The third kappa shape index (κ3) is 4.84. The first-order valence-corrected chi connectivity index (χ1v) is 8.49. The van der Waals surface area contributed by atoms with Crippen molar-refractivity contribution in [1.82, 2.24) is 0 Å². The lowest BCUT2D eigenvalue weighted by molar-refractivity contribution is -0.137. The summed E-state index contributed by atoms with van der Waals surface area (Å²) in [7, 11) is 0. The molecule has 3 nitrogen and oxygen atoms in total. The molecule has 0 amide bonds. The number of halogens is 4. The largest absolute Gasteiger partial charge is 0.449 e. The fourth-order valence-electron chi connectivity index (χ4n) is 1.99. The van der Waals surface area contributed by atoms with E-state index in [1.54, 1.807) is 19.9 Å². The molecule has 1 aromatic rings. The van der Waals surface area contributed by atoms with Crippen molar-refractivity contribution in [3.63, 3.8) is 0 Å². The van der Waals surface area contributed by atoms with E-state index in [9.17, 15) is 18.0 Å². The lowest BCUT2D eigenvalue weighted by Crippen LogP contribution is -2.30. The second kappa shape index (κ2) is 7.19. The van der Waals surface area contributed by atoms with E-state index in [-0.39, 0.29) is 10.8 Å². The Kier molecular flexibility index (Phi) is 5.84. The Hall–Kier alpha value is -0.830. The van der Waals surface area contributed by atoms with E-state index < -0.39 is 27.9 Å². The molecule has 0 N–H and O–H groups in total. The number of hydrogen-bond donors (Lipinski definition) is 1. The lowest BCUT2D eigenvalue weighted by atomic mass is 10.2. The predicted octanol–water partition coefficient (Wildman–Crippen LogP) is 5.29. The quantitative estimate of drug-likeness (QED) is 0.683. The summed E-state index contributed by atoms with van der Waals surface area (Å²) in [6.45, 7) is 3.37. The first-order chi connectivity index (χ1) is 11.0. The molecule has 0 bridgehead atoms. The van der Waals surface area contributed by atoms with E-state index in [4.69, 9.17) is 21.1 Å². The molecule has 1 aliphatic heterocycles. The molecule has 24 heavy (non-hydrogen) atoms. The van der Waals surface area contributed by atoms with Crippen LogP contribution in [-0.4, -0.2) is 16.2 Å². The number of hydrogen-bond acceptors (Lipinski definition) is 4. The molecule has 0 saturated heterocycles. The maximum atomic E-state index is 12.6. The second-order valence-electron chi connectivity index (χ2n) is 5.31. The monoisotopic (exact) mass is 398 g/mol. The van der Waals surface area contributed by atoms with Crippen molar-refractivity contribution in [2.75, 3.05) is 0 Å². The molecule has 0 saturated carbocycles. The molecule has 0 aliphatic carbocycles. The van der Waals surface area contributed by atoms with Crippen molar-refractivity contribution >= 4 is 41.1 Å². The van der Waals surface area contributed by atoms with Crippen molar-refractivity contribution < 1.29 is 27.4 Å². The summed E-state index contributed by atoms with van der Waals surface area (Å²) in [5, 5.41) is -0.0882. The van der Waals surface area contributed by atoms with E-state index >= 15 is 0 Å². The van der Waals surface area contributed by atoms with Gasteiger partial charge in [-0.3, -0.25) is 4.79 Å². The number of benzene rings is 1. The van der Waals surface area contributed by atoms with Crippen molar-refractivity contribution in [1.29, 1.82) is 0 Å². The average molecular weight is 399 g/mol. The van der Waals surface area contributed by atoms with Gasteiger partial charge in [-0.15, -0.1) is 12.6 Å². The SMILES string of the molecule is CC(OC1(C)CC=C(Oc2ccc(C(F)(F)F)cc2Cl)S1)C(=O)S.